The van der Waals surface area contributed by atoms with Crippen molar-refractivity contribution in [1.82, 2.24) is 14.5 Å². The molecule has 0 saturated carbocycles. The summed E-state index contributed by atoms with van der Waals surface area (Å²) in [5, 5.41) is 2.93. The van der Waals surface area contributed by atoms with Crippen molar-refractivity contribution in [2.24, 2.45) is 5.92 Å². The van der Waals surface area contributed by atoms with Gasteiger partial charge in [0.2, 0.25) is 15.9 Å². The summed E-state index contributed by atoms with van der Waals surface area (Å²) in [6.07, 6.45) is 4.83. The molecule has 0 spiro atoms. The molecule has 1 aromatic rings. The first-order valence-electron chi connectivity index (χ1n) is 11.5. The third-order valence-corrected chi connectivity index (χ3v) is 8.46. The molecule has 2 aliphatic heterocycles. The van der Waals surface area contributed by atoms with Crippen LogP contribution in [-0.2, 0) is 19.6 Å². The van der Waals surface area contributed by atoms with Gasteiger partial charge in [-0.2, -0.15) is 4.31 Å². The van der Waals surface area contributed by atoms with Crippen LogP contribution in [0.3, 0.4) is 0 Å². The number of nitrogens with one attached hydrogen (secondary N) is 1. The summed E-state index contributed by atoms with van der Waals surface area (Å²) in [6, 6.07) is 6.25. The standard InChI is InChI=1S/C23H35N3O5S/c1-18-6-3-4-14-26(18)32(29,30)21-9-7-20(8-10-21)23(28)25-15-11-19(12-16-25)22(27)24-13-5-17-31-2/h7-10,18-19H,3-6,11-17H2,1-2H3,(H,24,27). The van der Waals surface area contributed by atoms with Crippen molar-refractivity contribution in [3.63, 3.8) is 0 Å². The molecular weight excluding hydrogens is 430 g/mol. The van der Waals surface area contributed by atoms with Crippen LogP contribution in [0.15, 0.2) is 29.2 Å². The maximum atomic E-state index is 13.0. The molecule has 2 heterocycles. The van der Waals surface area contributed by atoms with E-state index in [1.54, 1.807) is 28.4 Å². The highest BCUT2D eigenvalue weighted by Crippen LogP contribution is 2.26. The van der Waals surface area contributed by atoms with Crippen molar-refractivity contribution >= 4 is 21.8 Å². The fourth-order valence-corrected chi connectivity index (χ4v) is 6.13. The zero-order valence-electron chi connectivity index (χ0n) is 19.1. The lowest BCUT2D eigenvalue weighted by Crippen LogP contribution is -2.43. The van der Waals surface area contributed by atoms with Crippen molar-refractivity contribution in [3.05, 3.63) is 29.8 Å². The second-order valence-electron chi connectivity index (χ2n) is 8.69. The normalized spacial score (nSPS) is 20.8. The molecule has 1 aromatic carbocycles. The summed E-state index contributed by atoms with van der Waals surface area (Å²) in [4.78, 5) is 27.1. The lowest BCUT2D eigenvalue weighted by atomic mass is 9.95. The average molecular weight is 466 g/mol. The topological polar surface area (TPSA) is 96.0 Å². The first kappa shape index (κ1) is 24.7. The van der Waals surface area contributed by atoms with Gasteiger partial charge in [0.1, 0.15) is 0 Å². The first-order chi connectivity index (χ1) is 15.3. The molecular formula is C23H35N3O5S. The van der Waals surface area contributed by atoms with Crippen molar-refractivity contribution < 1.29 is 22.7 Å². The van der Waals surface area contributed by atoms with E-state index in [1.807, 2.05) is 6.92 Å². The first-order valence-corrected chi connectivity index (χ1v) is 13.0. The van der Waals surface area contributed by atoms with E-state index in [0.717, 1.165) is 25.7 Å². The number of piperidine rings is 2. The van der Waals surface area contributed by atoms with Crippen LogP contribution in [0.5, 0.6) is 0 Å². The number of ether oxygens (including phenoxy) is 1. The Bertz CT molecular complexity index is 879. The number of hydrogen-bond donors (Lipinski definition) is 1. The summed E-state index contributed by atoms with van der Waals surface area (Å²) in [7, 11) is -1.92. The molecule has 1 unspecified atom stereocenters. The number of carbonyl (C=O) groups is 2. The second kappa shape index (κ2) is 11.2. The van der Waals surface area contributed by atoms with Gasteiger partial charge in [0.05, 0.1) is 4.90 Å². The third-order valence-electron chi connectivity index (χ3n) is 6.43. The van der Waals surface area contributed by atoms with Crippen LogP contribution in [0.1, 0.15) is 55.8 Å². The fourth-order valence-electron chi connectivity index (χ4n) is 4.43. The number of sulfonamides is 1. The SMILES string of the molecule is COCCCNC(=O)C1CCN(C(=O)c2ccc(S(=O)(=O)N3CCCCC3C)cc2)CC1. The van der Waals surface area contributed by atoms with Crippen LogP contribution in [0, 0.1) is 5.92 Å². The Morgan fingerprint density at radius 2 is 1.75 bits per heavy atom. The maximum Gasteiger partial charge on any atom is 0.253 e. The number of carbonyl (C=O) groups excluding carboxylic acids is 2. The Kier molecular flexibility index (Phi) is 8.67. The summed E-state index contributed by atoms with van der Waals surface area (Å²) >= 11 is 0. The molecule has 9 heteroatoms. The van der Waals surface area contributed by atoms with Gasteiger partial charge in [-0.3, -0.25) is 9.59 Å². The fraction of sp³-hybridized carbons (Fsp3) is 0.652. The maximum absolute atomic E-state index is 13.0. The molecule has 2 fully saturated rings. The number of methoxy groups -OCH3 is 1. The number of benzene rings is 1. The van der Waals surface area contributed by atoms with Gasteiger partial charge in [-0.1, -0.05) is 6.42 Å². The van der Waals surface area contributed by atoms with Crippen molar-refractivity contribution in [2.75, 3.05) is 39.9 Å². The lowest BCUT2D eigenvalue weighted by Gasteiger charge is -2.32. The molecule has 178 valence electrons. The van der Waals surface area contributed by atoms with Crippen molar-refractivity contribution in [3.8, 4) is 0 Å². The van der Waals surface area contributed by atoms with E-state index in [9.17, 15) is 18.0 Å². The Morgan fingerprint density at radius 3 is 2.38 bits per heavy atom. The van der Waals surface area contributed by atoms with Gasteiger partial charge in [-0.05, 0) is 63.3 Å². The monoisotopic (exact) mass is 465 g/mol. The predicted octanol–water partition coefficient (Wildman–Crippen LogP) is 2.25. The van der Waals surface area contributed by atoms with Crippen LogP contribution in [0.25, 0.3) is 0 Å². The molecule has 1 N–H and O–H groups in total. The summed E-state index contributed by atoms with van der Waals surface area (Å²) in [6.45, 7) is 4.72. The number of amides is 2. The smallest absolute Gasteiger partial charge is 0.253 e. The molecule has 3 rings (SSSR count). The van der Waals surface area contributed by atoms with E-state index >= 15 is 0 Å². The van der Waals surface area contributed by atoms with Crippen LogP contribution in [-0.4, -0.2) is 75.4 Å². The van der Waals surface area contributed by atoms with Gasteiger partial charge in [0, 0.05) is 57.4 Å². The predicted molar refractivity (Wildman–Crippen MR) is 122 cm³/mol. The largest absolute Gasteiger partial charge is 0.385 e. The van der Waals surface area contributed by atoms with Crippen LogP contribution < -0.4 is 5.32 Å². The Hall–Kier alpha value is -1.97. The van der Waals surface area contributed by atoms with E-state index in [2.05, 4.69) is 5.32 Å². The van der Waals surface area contributed by atoms with E-state index < -0.39 is 10.0 Å². The van der Waals surface area contributed by atoms with Crippen molar-refractivity contribution in [1.29, 1.82) is 0 Å². The van der Waals surface area contributed by atoms with Crippen LogP contribution in [0.4, 0.5) is 0 Å². The molecule has 32 heavy (non-hydrogen) atoms. The highest BCUT2D eigenvalue weighted by molar-refractivity contribution is 7.89. The summed E-state index contributed by atoms with van der Waals surface area (Å²) in [5.74, 6) is -0.172. The minimum atomic E-state index is -3.55. The highest BCUT2D eigenvalue weighted by atomic mass is 32.2. The number of nitrogens with zero attached hydrogens (tertiary/aromatic N) is 2. The molecule has 0 bridgehead atoms. The average Bonchev–Trinajstić information content (AvgIpc) is 2.81. The van der Waals surface area contributed by atoms with Gasteiger partial charge < -0.3 is 15.0 Å². The van der Waals surface area contributed by atoms with Gasteiger partial charge in [-0.15, -0.1) is 0 Å². The molecule has 0 aliphatic carbocycles. The zero-order chi connectivity index (χ0) is 23.1. The zero-order valence-corrected chi connectivity index (χ0v) is 19.9. The van der Waals surface area contributed by atoms with Gasteiger partial charge in [0.15, 0.2) is 0 Å². The van der Waals surface area contributed by atoms with Crippen molar-refractivity contribution in [2.45, 2.75) is 56.4 Å². The van der Waals surface area contributed by atoms with Gasteiger partial charge in [-0.25, -0.2) is 8.42 Å². The summed E-state index contributed by atoms with van der Waals surface area (Å²) in [5.41, 5.74) is 0.470. The van der Waals surface area contributed by atoms with E-state index in [-0.39, 0.29) is 28.7 Å². The number of rotatable bonds is 8. The van der Waals surface area contributed by atoms with Gasteiger partial charge >= 0.3 is 0 Å². The quantitative estimate of drug-likeness (QED) is 0.594. The number of likely N-dealkylation sites (tertiary alicyclic amines) is 1. The Morgan fingerprint density at radius 1 is 1.06 bits per heavy atom. The van der Waals surface area contributed by atoms with E-state index in [1.165, 1.54) is 12.1 Å². The van der Waals surface area contributed by atoms with Crippen LogP contribution in [0.2, 0.25) is 0 Å². The molecule has 8 nitrogen and oxygen atoms in total. The van der Waals surface area contributed by atoms with E-state index in [4.69, 9.17) is 4.74 Å². The Balaban J connectivity index is 1.54. The number of hydrogen-bond acceptors (Lipinski definition) is 5. The van der Waals surface area contributed by atoms with E-state index in [0.29, 0.717) is 51.2 Å². The summed E-state index contributed by atoms with van der Waals surface area (Å²) < 4.78 is 32.5. The minimum Gasteiger partial charge on any atom is -0.385 e. The third kappa shape index (κ3) is 5.88. The van der Waals surface area contributed by atoms with Crippen LogP contribution >= 0.6 is 0 Å². The molecule has 0 aromatic heterocycles. The molecule has 0 radical (unpaired) electrons. The Labute approximate surface area is 191 Å². The second-order valence-corrected chi connectivity index (χ2v) is 10.6. The molecule has 2 aliphatic rings. The molecule has 1 atom stereocenters. The lowest BCUT2D eigenvalue weighted by molar-refractivity contribution is -0.126. The van der Waals surface area contributed by atoms with Gasteiger partial charge in [0.25, 0.3) is 5.91 Å². The highest BCUT2D eigenvalue weighted by Gasteiger charge is 2.31. The molecule has 2 amide bonds. The minimum absolute atomic E-state index is 0.00599. The molecule has 2 saturated heterocycles.